The van der Waals surface area contributed by atoms with Crippen molar-refractivity contribution >= 4 is 6.03 Å². The summed E-state index contributed by atoms with van der Waals surface area (Å²) in [7, 11) is 0. The Hall–Kier alpha value is -2.46. The lowest BCUT2D eigenvalue weighted by Crippen LogP contribution is -2.54. The Kier molecular flexibility index (Phi) is 3.27. The molecule has 1 aromatic carbocycles. The van der Waals surface area contributed by atoms with Crippen molar-refractivity contribution in [2.45, 2.75) is 68.9 Å². The van der Waals surface area contributed by atoms with Crippen molar-refractivity contribution in [3.05, 3.63) is 23.3 Å². The maximum Gasteiger partial charge on any atom is 0.320 e. The van der Waals surface area contributed by atoms with Crippen LogP contribution in [0.15, 0.2) is 12.1 Å². The molecule has 4 aliphatic rings. The Morgan fingerprint density at radius 3 is 2.70 bits per heavy atom. The van der Waals surface area contributed by atoms with Crippen LogP contribution < -0.4 is 14.8 Å². The van der Waals surface area contributed by atoms with Gasteiger partial charge in [0.1, 0.15) is 23.7 Å². The largest absolute Gasteiger partial charge is 0.491 e. The molecule has 1 spiro atoms. The lowest BCUT2D eigenvalue weighted by molar-refractivity contribution is -0.0520. The summed E-state index contributed by atoms with van der Waals surface area (Å²) in [6, 6.07) is 5.59. The summed E-state index contributed by atoms with van der Waals surface area (Å²) in [6.07, 6.45) is 2.65. The summed E-state index contributed by atoms with van der Waals surface area (Å²) in [4.78, 5) is 13.7. The highest BCUT2D eigenvalue weighted by atomic mass is 16.5. The Morgan fingerprint density at radius 1 is 1.37 bits per heavy atom. The van der Waals surface area contributed by atoms with Gasteiger partial charge in [-0.2, -0.15) is 5.26 Å². The molecule has 2 aliphatic heterocycles. The standard InChI is InChI=1S/C20H23N3O4/c1-19(2)17(24)23(18(25)22-19)12-7-13(8-12)27-14-4-3-11(9-21)16-15(14)20(5-6-20)10-26-16/h3-4,12-13,17,24H,5-8,10H2,1-2H3,(H,22,25). The molecule has 2 heterocycles. The second-order valence-corrected chi connectivity index (χ2v) is 8.79. The van der Waals surface area contributed by atoms with E-state index in [1.54, 1.807) is 6.07 Å². The van der Waals surface area contributed by atoms with Crippen LogP contribution in [0, 0.1) is 11.3 Å². The molecule has 0 radical (unpaired) electrons. The fourth-order valence-electron chi connectivity index (χ4n) is 4.50. The summed E-state index contributed by atoms with van der Waals surface area (Å²) >= 11 is 0. The fraction of sp³-hybridized carbons (Fsp3) is 0.600. The number of nitrogens with one attached hydrogen (secondary N) is 1. The minimum Gasteiger partial charge on any atom is -0.491 e. The summed E-state index contributed by atoms with van der Waals surface area (Å²) in [5.74, 6) is 1.48. The first kappa shape index (κ1) is 16.7. The minimum atomic E-state index is -0.835. The maximum absolute atomic E-state index is 12.2. The number of rotatable bonds is 3. The zero-order chi connectivity index (χ0) is 19.0. The Morgan fingerprint density at radius 2 is 2.11 bits per heavy atom. The predicted molar refractivity (Wildman–Crippen MR) is 95.5 cm³/mol. The Balaban J connectivity index is 1.31. The highest BCUT2D eigenvalue weighted by Gasteiger charge is 2.54. The fourth-order valence-corrected chi connectivity index (χ4v) is 4.50. The molecule has 5 rings (SSSR count). The Bertz CT molecular complexity index is 865. The van der Waals surface area contributed by atoms with Crippen molar-refractivity contribution in [3.63, 3.8) is 0 Å². The second kappa shape index (κ2) is 5.29. The average molecular weight is 369 g/mol. The zero-order valence-corrected chi connectivity index (χ0v) is 15.5. The van der Waals surface area contributed by atoms with E-state index in [0.717, 1.165) is 24.2 Å². The molecule has 0 bridgehead atoms. The van der Waals surface area contributed by atoms with Gasteiger partial charge in [-0.15, -0.1) is 0 Å². The lowest BCUT2D eigenvalue weighted by atomic mass is 9.86. The maximum atomic E-state index is 12.2. The van der Waals surface area contributed by atoms with Gasteiger partial charge in [0.05, 0.1) is 17.7 Å². The predicted octanol–water partition coefficient (Wildman–Crippen LogP) is 2.01. The number of hydrogen-bond acceptors (Lipinski definition) is 5. The van der Waals surface area contributed by atoms with E-state index in [1.165, 1.54) is 4.90 Å². The van der Waals surface area contributed by atoms with Crippen LogP contribution in [0.4, 0.5) is 4.79 Å². The first-order valence-electron chi connectivity index (χ1n) is 9.50. The van der Waals surface area contributed by atoms with Crippen molar-refractivity contribution in [1.82, 2.24) is 10.2 Å². The number of nitrogens with zero attached hydrogens (tertiary/aromatic N) is 2. The van der Waals surface area contributed by atoms with Crippen LogP contribution in [-0.2, 0) is 5.41 Å². The van der Waals surface area contributed by atoms with E-state index in [-0.39, 0.29) is 23.6 Å². The van der Waals surface area contributed by atoms with E-state index in [0.29, 0.717) is 30.8 Å². The Labute approximate surface area is 157 Å². The number of aliphatic hydroxyl groups is 1. The quantitative estimate of drug-likeness (QED) is 0.850. The molecule has 1 atom stereocenters. The number of nitriles is 1. The smallest absolute Gasteiger partial charge is 0.320 e. The van der Waals surface area contributed by atoms with Gasteiger partial charge in [0, 0.05) is 29.9 Å². The van der Waals surface area contributed by atoms with Gasteiger partial charge in [-0.25, -0.2) is 4.79 Å². The molecule has 2 amide bonds. The van der Waals surface area contributed by atoms with Crippen molar-refractivity contribution in [1.29, 1.82) is 5.26 Å². The van der Waals surface area contributed by atoms with Crippen LogP contribution in [0.25, 0.3) is 0 Å². The zero-order valence-electron chi connectivity index (χ0n) is 15.5. The van der Waals surface area contributed by atoms with Gasteiger partial charge in [-0.3, -0.25) is 4.90 Å². The number of ether oxygens (including phenoxy) is 2. The molecule has 3 fully saturated rings. The summed E-state index contributed by atoms with van der Waals surface area (Å²) < 4.78 is 12.1. The van der Waals surface area contributed by atoms with E-state index in [4.69, 9.17) is 9.47 Å². The topological polar surface area (TPSA) is 94.8 Å². The molecule has 1 saturated heterocycles. The number of carbonyl (C=O) groups is 1. The van der Waals surface area contributed by atoms with Crippen molar-refractivity contribution in [3.8, 4) is 17.6 Å². The SMILES string of the molecule is CC1(C)NC(=O)N(C2CC(Oc3ccc(C#N)c4c3C3(CC3)CO4)C2)C1O. The molecular weight excluding hydrogens is 346 g/mol. The number of carbonyl (C=O) groups excluding carboxylic acids is 1. The average Bonchev–Trinajstić information content (AvgIpc) is 3.21. The highest BCUT2D eigenvalue weighted by molar-refractivity contribution is 5.78. The van der Waals surface area contributed by atoms with Crippen molar-refractivity contribution in [2.75, 3.05) is 6.61 Å². The second-order valence-electron chi connectivity index (χ2n) is 8.79. The minimum absolute atomic E-state index is 0.00727. The van der Waals surface area contributed by atoms with E-state index in [9.17, 15) is 15.2 Å². The molecule has 2 N–H and O–H groups in total. The van der Waals surface area contributed by atoms with Gasteiger partial charge in [0.15, 0.2) is 6.23 Å². The first-order valence-corrected chi connectivity index (χ1v) is 9.50. The van der Waals surface area contributed by atoms with Gasteiger partial charge in [0.2, 0.25) is 0 Å². The molecule has 2 saturated carbocycles. The van der Waals surface area contributed by atoms with Gasteiger partial charge in [-0.1, -0.05) is 0 Å². The van der Waals surface area contributed by atoms with Crippen LogP contribution >= 0.6 is 0 Å². The summed E-state index contributed by atoms with van der Waals surface area (Å²) in [6.45, 7) is 4.26. The van der Waals surface area contributed by atoms with Crippen molar-refractivity contribution in [2.24, 2.45) is 0 Å². The third-order valence-electron chi connectivity index (χ3n) is 6.45. The van der Waals surface area contributed by atoms with Crippen LogP contribution in [0.3, 0.4) is 0 Å². The number of benzene rings is 1. The molecule has 1 unspecified atom stereocenters. The van der Waals surface area contributed by atoms with Crippen LogP contribution in [0.2, 0.25) is 0 Å². The number of aliphatic hydroxyl groups excluding tert-OH is 1. The number of amides is 2. The molecular formula is C20H23N3O4. The monoisotopic (exact) mass is 369 g/mol. The summed E-state index contributed by atoms with van der Waals surface area (Å²) in [5.41, 5.74) is 0.986. The molecule has 0 aromatic heterocycles. The number of urea groups is 1. The van der Waals surface area contributed by atoms with E-state index < -0.39 is 11.8 Å². The van der Waals surface area contributed by atoms with Crippen LogP contribution in [-0.4, -0.2) is 46.6 Å². The molecule has 1 aromatic rings. The third-order valence-corrected chi connectivity index (χ3v) is 6.45. The van der Waals surface area contributed by atoms with E-state index >= 15 is 0 Å². The molecule has 2 aliphatic carbocycles. The molecule has 142 valence electrons. The van der Waals surface area contributed by atoms with Crippen LogP contribution in [0.5, 0.6) is 11.5 Å². The third kappa shape index (κ3) is 2.32. The van der Waals surface area contributed by atoms with Gasteiger partial charge >= 0.3 is 6.03 Å². The van der Waals surface area contributed by atoms with E-state index in [2.05, 4.69) is 11.4 Å². The first-order chi connectivity index (χ1) is 12.8. The van der Waals surface area contributed by atoms with Gasteiger partial charge in [0.25, 0.3) is 0 Å². The van der Waals surface area contributed by atoms with Gasteiger partial charge in [-0.05, 0) is 38.8 Å². The molecule has 27 heavy (non-hydrogen) atoms. The van der Waals surface area contributed by atoms with Crippen molar-refractivity contribution < 1.29 is 19.4 Å². The normalized spacial score (nSPS) is 31.6. The molecule has 7 heteroatoms. The van der Waals surface area contributed by atoms with E-state index in [1.807, 2.05) is 19.9 Å². The number of hydrogen-bond donors (Lipinski definition) is 2. The highest BCUT2D eigenvalue weighted by Crippen LogP contribution is 2.59. The van der Waals surface area contributed by atoms with Crippen LogP contribution in [0.1, 0.15) is 50.7 Å². The molecule has 7 nitrogen and oxygen atoms in total. The summed E-state index contributed by atoms with van der Waals surface area (Å²) in [5, 5.41) is 22.6. The number of fused-ring (bicyclic) bond motifs is 2. The lowest BCUT2D eigenvalue weighted by Gasteiger charge is -2.42. The van der Waals surface area contributed by atoms with Gasteiger partial charge < -0.3 is 19.9 Å².